The van der Waals surface area contributed by atoms with E-state index >= 15 is 0 Å². The molecule has 0 saturated heterocycles. The van der Waals surface area contributed by atoms with Gasteiger partial charge in [0.25, 0.3) is 0 Å². The Morgan fingerprint density at radius 2 is 2.08 bits per heavy atom. The molecule has 0 atom stereocenters. The van der Waals surface area contributed by atoms with E-state index in [0.717, 1.165) is 32.1 Å². The zero-order valence-electron chi connectivity index (χ0n) is 13.5. The van der Waals surface area contributed by atoms with Crippen LogP contribution in [0.15, 0.2) is 43.4 Å². The molecule has 0 aliphatic carbocycles. The third-order valence-electron chi connectivity index (χ3n) is 3.94. The van der Waals surface area contributed by atoms with Crippen LogP contribution in [0.5, 0.6) is 0 Å². The zero-order chi connectivity index (χ0) is 17.7. The number of hydrogen-bond acceptors (Lipinski definition) is 7. The molecule has 5 aromatic heterocycles. The van der Waals surface area contributed by atoms with Crippen molar-refractivity contribution < 1.29 is 0 Å². The molecule has 128 valence electrons. The van der Waals surface area contributed by atoms with Crippen LogP contribution in [0.25, 0.3) is 27.1 Å². The van der Waals surface area contributed by atoms with Crippen molar-refractivity contribution in [2.45, 2.75) is 0 Å². The Balaban J connectivity index is 1.58. The van der Waals surface area contributed by atoms with Crippen LogP contribution in [0.4, 0.5) is 10.8 Å². The highest BCUT2D eigenvalue weighted by atomic mass is 35.5. The van der Waals surface area contributed by atoms with E-state index in [4.69, 9.17) is 11.6 Å². The molecule has 0 saturated carbocycles. The molecule has 8 nitrogen and oxygen atoms in total. The van der Waals surface area contributed by atoms with Crippen LogP contribution >= 0.6 is 22.9 Å². The highest BCUT2D eigenvalue weighted by Crippen LogP contribution is 2.34. The van der Waals surface area contributed by atoms with Gasteiger partial charge in [0.1, 0.15) is 11.5 Å². The maximum Gasteiger partial charge on any atom is 0.180 e. The molecule has 5 rings (SSSR count). The number of rotatable bonds is 3. The van der Waals surface area contributed by atoms with Gasteiger partial charge in [0, 0.05) is 31.2 Å². The van der Waals surface area contributed by atoms with Gasteiger partial charge in [-0.25, -0.2) is 19.9 Å². The van der Waals surface area contributed by atoms with E-state index in [0.29, 0.717) is 11.0 Å². The molecule has 5 aromatic rings. The summed E-state index contributed by atoms with van der Waals surface area (Å²) in [5.74, 6) is 0.651. The summed E-state index contributed by atoms with van der Waals surface area (Å²) in [6, 6.07) is 1.92. The molecule has 0 aliphatic rings. The fourth-order valence-corrected chi connectivity index (χ4v) is 3.93. The number of imidazole rings is 1. The third-order valence-corrected chi connectivity index (χ3v) is 5.38. The summed E-state index contributed by atoms with van der Waals surface area (Å²) in [6.07, 6.45) is 10.6. The summed E-state index contributed by atoms with van der Waals surface area (Å²) < 4.78 is 4.58. The molecular weight excluding hydrogens is 372 g/mol. The van der Waals surface area contributed by atoms with E-state index in [9.17, 15) is 0 Å². The van der Waals surface area contributed by atoms with Gasteiger partial charge in [0.2, 0.25) is 0 Å². The first-order valence-corrected chi connectivity index (χ1v) is 8.86. The molecule has 0 spiro atoms. The van der Waals surface area contributed by atoms with Gasteiger partial charge in [-0.15, -0.1) is 11.3 Å². The van der Waals surface area contributed by atoms with E-state index in [1.54, 1.807) is 10.9 Å². The first-order chi connectivity index (χ1) is 12.7. The van der Waals surface area contributed by atoms with Crippen molar-refractivity contribution in [1.82, 2.24) is 34.1 Å². The highest BCUT2D eigenvalue weighted by Gasteiger charge is 2.13. The van der Waals surface area contributed by atoms with Crippen LogP contribution < -0.4 is 5.32 Å². The second kappa shape index (κ2) is 5.75. The second-order valence-electron chi connectivity index (χ2n) is 5.63. The molecule has 26 heavy (non-hydrogen) atoms. The van der Waals surface area contributed by atoms with E-state index in [1.165, 1.54) is 17.7 Å². The van der Waals surface area contributed by atoms with Crippen molar-refractivity contribution in [3.63, 3.8) is 0 Å². The minimum absolute atomic E-state index is 0.443. The Morgan fingerprint density at radius 3 is 2.88 bits per heavy atom. The van der Waals surface area contributed by atoms with E-state index < -0.39 is 0 Å². The third kappa shape index (κ3) is 2.40. The molecule has 0 radical (unpaired) electrons. The van der Waals surface area contributed by atoms with Gasteiger partial charge in [-0.05, 0) is 6.07 Å². The minimum Gasteiger partial charge on any atom is -0.329 e. The van der Waals surface area contributed by atoms with Gasteiger partial charge in [0.15, 0.2) is 11.5 Å². The number of nitrogens with zero attached hydrogens (tertiary/aromatic N) is 7. The van der Waals surface area contributed by atoms with Crippen LogP contribution in [0.1, 0.15) is 0 Å². The summed E-state index contributed by atoms with van der Waals surface area (Å²) in [4.78, 5) is 17.2. The van der Waals surface area contributed by atoms with Crippen molar-refractivity contribution in [3.8, 4) is 11.3 Å². The highest BCUT2D eigenvalue weighted by molar-refractivity contribution is 7.23. The molecule has 10 heteroatoms. The Hall–Kier alpha value is -3.04. The predicted molar refractivity (Wildman–Crippen MR) is 101 cm³/mol. The Kier molecular flexibility index (Phi) is 3.37. The smallest absolute Gasteiger partial charge is 0.180 e. The summed E-state index contributed by atoms with van der Waals surface area (Å²) in [7, 11) is 1.89. The molecule has 0 amide bonds. The molecule has 1 N–H and O–H groups in total. The monoisotopic (exact) mass is 382 g/mol. The van der Waals surface area contributed by atoms with Crippen LogP contribution in [-0.4, -0.2) is 34.1 Å². The van der Waals surface area contributed by atoms with Gasteiger partial charge in [-0.1, -0.05) is 11.6 Å². The lowest BCUT2D eigenvalue weighted by molar-refractivity contribution is 0.768. The summed E-state index contributed by atoms with van der Waals surface area (Å²) in [6.45, 7) is 0. The van der Waals surface area contributed by atoms with Crippen molar-refractivity contribution in [2.75, 3.05) is 5.32 Å². The summed E-state index contributed by atoms with van der Waals surface area (Å²) in [5, 5.41) is 8.85. The largest absolute Gasteiger partial charge is 0.329 e. The molecular formula is C16H11ClN8S. The summed E-state index contributed by atoms with van der Waals surface area (Å²) in [5.41, 5.74) is 3.45. The van der Waals surface area contributed by atoms with Crippen molar-refractivity contribution in [3.05, 3.63) is 48.5 Å². The number of nitrogens with one attached hydrogen (secondary N) is 1. The molecule has 0 aliphatic heterocycles. The fourth-order valence-electron chi connectivity index (χ4n) is 2.78. The quantitative estimate of drug-likeness (QED) is 0.480. The van der Waals surface area contributed by atoms with E-state index in [1.807, 2.05) is 42.3 Å². The number of anilines is 2. The molecule has 0 aromatic carbocycles. The minimum atomic E-state index is 0.443. The first kappa shape index (κ1) is 15.2. The standard InChI is InChI=1S/C16H11ClN8S/c1-24-7-9(5-22-24)11-6-19-16-15(18-2-3-25(11)16)23-12-4-10-13(26-12)14(17)21-8-20-10/h2-8H,1H3,(H,18,23). The van der Waals surface area contributed by atoms with Crippen molar-refractivity contribution >= 4 is 49.6 Å². The lowest BCUT2D eigenvalue weighted by atomic mass is 10.3. The van der Waals surface area contributed by atoms with Crippen LogP contribution in [0, 0.1) is 0 Å². The molecule has 0 unspecified atom stereocenters. The summed E-state index contributed by atoms with van der Waals surface area (Å²) >= 11 is 7.61. The van der Waals surface area contributed by atoms with Gasteiger partial charge in [0.05, 0.1) is 33.3 Å². The molecule has 0 fully saturated rings. The number of halogens is 1. The average molecular weight is 383 g/mol. The number of aromatic nitrogens is 7. The number of aryl methyl sites for hydroxylation is 1. The van der Waals surface area contributed by atoms with Gasteiger partial charge < -0.3 is 5.32 Å². The van der Waals surface area contributed by atoms with Crippen molar-refractivity contribution in [1.29, 1.82) is 0 Å². The zero-order valence-corrected chi connectivity index (χ0v) is 15.0. The normalized spacial score (nSPS) is 11.5. The molecule has 0 bridgehead atoms. The van der Waals surface area contributed by atoms with Crippen LogP contribution in [0.2, 0.25) is 5.15 Å². The first-order valence-electron chi connectivity index (χ1n) is 7.67. The fraction of sp³-hybridized carbons (Fsp3) is 0.0625. The SMILES string of the molecule is Cn1cc(-c2cnc3c(Nc4cc5ncnc(Cl)c5s4)nccn23)cn1. The molecule has 5 heterocycles. The van der Waals surface area contributed by atoms with E-state index in [2.05, 4.69) is 30.4 Å². The topological polar surface area (TPSA) is 85.8 Å². The maximum atomic E-state index is 6.13. The van der Waals surface area contributed by atoms with Gasteiger partial charge >= 0.3 is 0 Å². The number of fused-ring (bicyclic) bond motifs is 2. The Morgan fingerprint density at radius 1 is 1.15 bits per heavy atom. The average Bonchev–Trinajstić information content (AvgIpc) is 3.33. The number of thiophene rings is 1. The lowest BCUT2D eigenvalue weighted by Crippen LogP contribution is -1.97. The van der Waals surface area contributed by atoms with Gasteiger partial charge in [-0.3, -0.25) is 9.08 Å². The van der Waals surface area contributed by atoms with Crippen LogP contribution in [-0.2, 0) is 7.05 Å². The second-order valence-corrected chi connectivity index (χ2v) is 7.04. The van der Waals surface area contributed by atoms with E-state index in [-0.39, 0.29) is 0 Å². The van der Waals surface area contributed by atoms with Crippen molar-refractivity contribution in [2.24, 2.45) is 7.05 Å². The Bertz CT molecular complexity index is 1250. The number of hydrogen-bond donors (Lipinski definition) is 1. The predicted octanol–water partition coefficient (Wildman–Crippen LogP) is 3.53. The lowest BCUT2D eigenvalue weighted by Gasteiger charge is -2.05. The maximum absolute atomic E-state index is 6.13. The Labute approximate surface area is 156 Å². The van der Waals surface area contributed by atoms with Crippen LogP contribution in [0.3, 0.4) is 0 Å². The van der Waals surface area contributed by atoms with Gasteiger partial charge in [-0.2, -0.15) is 5.10 Å².